The predicted octanol–water partition coefficient (Wildman–Crippen LogP) is 3.88. The third-order valence-electron chi connectivity index (χ3n) is 3.69. The molecule has 0 aliphatic heterocycles. The summed E-state index contributed by atoms with van der Waals surface area (Å²) in [5.74, 6) is 0. The van der Waals surface area contributed by atoms with Gasteiger partial charge in [0.25, 0.3) is 0 Å². The van der Waals surface area contributed by atoms with Crippen molar-refractivity contribution in [2.75, 3.05) is 6.54 Å². The Kier molecular flexibility index (Phi) is 3.98. The Balaban J connectivity index is 2.34. The van der Waals surface area contributed by atoms with Crippen LogP contribution < -0.4 is 0 Å². The number of halogens is 1. The number of benzene rings is 1. The van der Waals surface area contributed by atoms with Crippen molar-refractivity contribution in [2.45, 2.75) is 37.5 Å². The van der Waals surface area contributed by atoms with Gasteiger partial charge in [-0.15, -0.1) is 0 Å². The quantitative estimate of drug-likeness (QED) is 0.591. The van der Waals surface area contributed by atoms with Gasteiger partial charge in [-0.3, -0.25) is 0 Å². The Hall–Kier alpha value is -1.11. The van der Waals surface area contributed by atoms with E-state index in [0.29, 0.717) is 6.54 Å². The van der Waals surface area contributed by atoms with Crippen molar-refractivity contribution in [1.82, 2.24) is 0 Å². The average Bonchev–Trinajstić information content (AvgIpc) is 2.37. The van der Waals surface area contributed by atoms with E-state index in [4.69, 9.17) is 11.6 Å². The van der Waals surface area contributed by atoms with Crippen LogP contribution in [0.5, 0.6) is 0 Å². The Morgan fingerprint density at radius 2 is 2.06 bits per heavy atom. The van der Waals surface area contributed by atoms with Gasteiger partial charge < -0.3 is 0 Å². The van der Waals surface area contributed by atoms with Crippen LogP contribution in [0, 0.1) is 0 Å². The molecule has 0 aromatic heterocycles. The summed E-state index contributed by atoms with van der Waals surface area (Å²) in [6, 6.07) is 7.95. The summed E-state index contributed by atoms with van der Waals surface area (Å²) >= 11 is 6.05. The van der Waals surface area contributed by atoms with Crippen LogP contribution in [0.1, 0.15) is 37.7 Å². The van der Waals surface area contributed by atoms with E-state index in [1.165, 1.54) is 24.8 Å². The highest BCUT2D eigenvalue weighted by Gasteiger charge is 2.33. The van der Waals surface area contributed by atoms with Crippen molar-refractivity contribution in [3.8, 4) is 0 Å². The minimum Gasteiger partial charge on any atom is -0.211 e. The van der Waals surface area contributed by atoms with Crippen LogP contribution in [0.4, 0.5) is 0 Å². The summed E-state index contributed by atoms with van der Waals surface area (Å²) in [5, 5.41) is 0.752. The van der Waals surface area contributed by atoms with E-state index in [1.807, 2.05) is 18.2 Å². The second-order valence-corrected chi connectivity index (χ2v) is 5.20. The monoisotopic (exact) mass is 249 g/mol. The van der Waals surface area contributed by atoms with Gasteiger partial charge in [0.15, 0.2) is 0 Å². The van der Waals surface area contributed by atoms with Crippen LogP contribution in [0.3, 0.4) is 0 Å². The first-order valence-corrected chi connectivity index (χ1v) is 6.44. The lowest BCUT2D eigenvalue weighted by Gasteiger charge is -2.36. The van der Waals surface area contributed by atoms with Gasteiger partial charge in [0, 0.05) is 10.4 Å². The largest absolute Gasteiger partial charge is 0.234 e. The Morgan fingerprint density at radius 3 is 2.71 bits per heavy atom. The van der Waals surface area contributed by atoms with Crippen LogP contribution in [-0.4, -0.2) is 12.6 Å². The second-order valence-electron chi connectivity index (χ2n) is 4.76. The average molecular weight is 250 g/mol. The van der Waals surface area contributed by atoms with E-state index in [1.54, 1.807) is 6.08 Å². The van der Waals surface area contributed by atoms with E-state index in [0.717, 1.165) is 17.9 Å². The molecule has 3 heteroatoms. The van der Waals surface area contributed by atoms with Crippen LogP contribution in [0.2, 0.25) is 5.02 Å². The van der Waals surface area contributed by atoms with Gasteiger partial charge in [0.1, 0.15) is 0 Å². The molecule has 0 saturated heterocycles. The summed E-state index contributed by atoms with van der Waals surface area (Å²) in [6.07, 6.45) is 7.49. The molecule has 1 saturated carbocycles. The fourth-order valence-electron chi connectivity index (χ4n) is 2.77. The van der Waals surface area contributed by atoms with E-state index in [9.17, 15) is 4.79 Å². The molecule has 1 fully saturated rings. The van der Waals surface area contributed by atoms with Gasteiger partial charge >= 0.3 is 0 Å². The lowest BCUT2D eigenvalue weighted by molar-refractivity contribution is 0.301. The van der Waals surface area contributed by atoms with Gasteiger partial charge in [-0.2, -0.15) is 0 Å². The highest BCUT2D eigenvalue weighted by atomic mass is 35.5. The predicted molar refractivity (Wildman–Crippen MR) is 69.2 cm³/mol. The second kappa shape index (κ2) is 5.48. The molecule has 0 amide bonds. The maximum absolute atomic E-state index is 10.4. The van der Waals surface area contributed by atoms with Gasteiger partial charge in [-0.25, -0.2) is 9.79 Å². The molecule has 17 heavy (non-hydrogen) atoms. The van der Waals surface area contributed by atoms with Crippen molar-refractivity contribution in [2.24, 2.45) is 4.99 Å². The zero-order valence-electron chi connectivity index (χ0n) is 9.79. The molecule has 2 nitrogen and oxygen atoms in total. The van der Waals surface area contributed by atoms with E-state index in [2.05, 4.69) is 11.1 Å². The minimum atomic E-state index is 0.000556. The Morgan fingerprint density at radius 1 is 1.29 bits per heavy atom. The first-order chi connectivity index (χ1) is 8.27. The molecule has 0 heterocycles. The normalized spacial score (nSPS) is 18.4. The van der Waals surface area contributed by atoms with Crippen molar-refractivity contribution in [1.29, 1.82) is 0 Å². The zero-order valence-corrected chi connectivity index (χ0v) is 10.5. The molecule has 2 rings (SSSR count). The number of isocyanates is 1. The van der Waals surface area contributed by atoms with E-state index in [-0.39, 0.29) is 5.41 Å². The zero-order chi connectivity index (χ0) is 12.1. The molecular formula is C14H16ClNO. The third kappa shape index (κ3) is 2.77. The Bertz CT molecular complexity index is 432. The summed E-state index contributed by atoms with van der Waals surface area (Å²) in [5.41, 5.74) is 1.21. The van der Waals surface area contributed by atoms with Gasteiger partial charge in [0.05, 0.1) is 6.54 Å². The summed E-state index contributed by atoms with van der Waals surface area (Å²) < 4.78 is 0. The van der Waals surface area contributed by atoms with Crippen molar-refractivity contribution >= 4 is 17.7 Å². The first-order valence-electron chi connectivity index (χ1n) is 6.06. The maximum atomic E-state index is 10.4. The fraction of sp³-hybridized carbons (Fsp3) is 0.500. The minimum absolute atomic E-state index is 0.000556. The molecule has 0 unspecified atom stereocenters. The SMILES string of the molecule is O=C=NCC1(c2cccc(Cl)c2)CCCCC1. The number of hydrogen-bond acceptors (Lipinski definition) is 2. The molecular weight excluding hydrogens is 234 g/mol. The molecule has 1 aliphatic carbocycles. The fourth-order valence-corrected chi connectivity index (χ4v) is 2.96. The van der Waals surface area contributed by atoms with Crippen LogP contribution >= 0.6 is 11.6 Å². The molecule has 90 valence electrons. The number of carbonyl (C=O) groups excluding carboxylic acids is 1. The number of nitrogens with zero attached hydrogens (tertiary/aromatic N) is 1. The summed E-state index contributed by atoms with van der Waals surface area (Å²) in [7, 11) is 0. The number of hydrogen-bond donors (Lipinski definition) is 0. The van der Waals surface area contributed by atoms with E-state index >= 15 is 0 Å². The molecule has 0 N–H and O–H groups in total. The molecule has 1 aromatic carbocycles. The third-order valence-corrected chi connectivity index (χ3v) is 3.93. The van der Waals surface area contributed by atoms with Crippen LogP contribution in [0.15, 0.2) is 29.3 Å². The molecule has 0 spiro atoms. The smallest absolute Gasteiger partial charge is 0.211 e. The van der Waals surface area contributed by atoms with Gasteiger partial charge in [0.2, 0.25) is 6.08 Å². The Labute approximate surface area is 107 Å². The van der Waals surface area contributed by atoms with Gasteiger partial charge in [-0.05, 0) is 30.5 Å². The summed E-state index contributed by atoms with van der Waals surface area (Å²) in [6.45, 7) is 0.539. The molecule has 1 aliphatic rings. The standard InChI is InChI=1S/C14H16ClNO/c15-13-6-4-5-12(9-13)14(10-16-11-17)7-2-1-3-8-14/h4-6,9H,1-3,7-8,10H2. The molecule has 0 bridgehead atoms. The lowest BCUT2D eigenvalue weighted by atomic mass is 9.69. The van der Waals surface area contributed by atoms with Crippen molar-refractivity contribution in [3.05, 3.63) is 34.9 Å². The summed E-state index contributed by atoms with van der Waals surface area (Å²) in [4.78, 5) is 14.2. The van der Waals surface area contributed by atoms with Gasteiger partial charge in [-0.1, -0.05) is 43.0 Å². The number of rotatable bonds is 3. The molecule has 1 aromatic rings. The maximum Gasteiger partial charge on any atom is 0.234 e. The van der Waals surface area contributed by atoms with Crippen LogP contribution in [-0.2, 0) is 10.2 Å². The molecule has 0 radical (unpaired) electrons. The topological polar surface area (TPSA) is 29.4 Å². The number of aliphatic imine (C=N–C) groups is 1. The van der Waals surface area contributed by atoms with Crippen LogP contribution in [0.25, 0.3) is 0 Å². The highest BCUT2D eigenvalue weighted by molar-refractivity contribution is 6.30. The van der Waals surface area contributed by atoms with Crippen molar-refractivity contribution < 1.29 is 4.79 Å². The highest BCUT2D eigenvalue weighted by Crippen LogP contribution is 2.40. The van der Waals surface area contributed by atoms with Crippen molar-refractivity contribution in [3.63, 3.8) is 0 Å². The van der Waals surface area contributed by atoms with E-state index < -0.39 is 0 Å². The first kappa shape index (κ1) is 12.3. The lowest BCUT2D eigenvalue weighted by Crippen LogP contribution is -2.32. The molecule has 0 atom stereocenters.